The number of para-hydroxylation sites is 1. The van der Waals surface area contributed by atoms with Crippen molar-refractivity contribution in [3.8, 4) is 33.4 Å². The van der Waals surface area contributed by atoms with Crippen LogP contribution in [0.2, 0.25) is 0 Å². The second kappa shape index (κ2) is 9.44. The van der Waals surface area contributed by atoms with Crippen LogP contribution in [0.25, 0.3) is 87.6 Å². The van der Waals surface area contributed by atoms with Crippen LogP contribution < -0.4 is 0 Å². The van der Waals surface area contributed by atoms with E-state index < -0.39 is 0 Å². The highest BCUT2D eigenvalue weighted by molar-refractivity contribution is 6.26. The minimum Gasteiger partial charge on any atom is -0.455 e. The van der Waals surface area contributed by atoms with Crippen molar-refractivity contribution in [3.63, 3.8) is 0 Å². The molecule has 0 aliphatic carbocycles. The van der Waals surface area contributed by atoms with Gasteiger partial charge in [0.1, 0.15) is 11.2 Å². The maximum atomic E-state index is 6.71. The number of rotatable bonds is 3. The summed E-state index contributed by atoms with van der Waals surface area (Å²) in [5, 5.41) is 9.70. The molecule has 0 bridgehead atoms. The summed E-state index contributed by atoms with van der Waals surface area (Å²) in [5.41, 5.74) is 9.11. The Hall–Kier alpha value is -5.66. The SMILES string of the molecule is c1ccc(-c2ccc(-c3c4ccccc4c(-c4cccc5c4oc4ccc6ccccc6c45)c4ccccc34)cc2)cc1. The molecule has 0 aliphatic rings. The summed E-state index contributed by atoms with van der Waals surface area (Å²) in [7, 11) is 0. The maximum Gasteiger partial charge on any atom is 0.143 e. The Balaban J connectivity index is 1.34. The summed E-state index contributed by atoms with van der Waals surface area (Å²) in [4.78, 5) is 0. The highest BCUT2D eigenvalue weighted by atomic mass is 16.3. The third-order valence-electron chi connectivity index (χ3n) is 8.87. The Morgan fingerprint density at radius 2 is 0.860 bits per heavy atom. The molecule has 1 heteroatoms. The van der Waals surface area contributed by atoms with E-state index in [1.54, 1.807) is 0 Å². The fraction of sp³-hybridized carbons (Fsp3) is 0. The van der Waals surface area contributed by atoms with Crippen molar-refractivity contribution in [2.75, 3.05) is 0 Å². The van der Waals surface area contributed by atoms with E-state index in [4.69, 9.17) is 4.42 Å². The molecule has 1 aromatic heterocycles. The van der Waals surface area contributed by atoms with Crippen LogP contribution in [-0.2, 0) is 0 Å². The van der Waals surface area contributed by atoms with Gasteiger partial charge in [0.05, 0.1) is 0 Å². The summed E-state index contributed by atoms with van der Waals surface area (Å²) >= 11 is 0. The molecular formula is C42H26O. The van der Waals surface area contributed by atoms with E-state index in [1.807, 2.05) is 0 Å². The van der Waals surface area contributed by atoms with Gasteiger partial charge in [0, 0.05) is 21.9 Å². The molecule has 0 radical (unpaired) electrons. The minimum atomic E-state index is 0.921. The Morgan fingerprint density at radius 3 is 1.56 bits per heavy atom. The molecular weight excluding hydrogens is 520 g/mol. The number of hydrogen-bond donors (Lipinski definition) is 0. The van der Waals surface area contributed by atoms with Crippen molar-refractivity contribution in [1.82, 2.24) is 0 Å². The van der Waals surface area contributed by atoms with Crippen LogP contribution in [0.4, 0.5) is 0 Å². The van der Waals surface area contributed by atoms with Crippen molar-refractivity contribution >= 4 is 54.3 Å². The third kappa shape index (κ3) is 3.65. The smallest absolute Gasteiger partial charge is 0.143 e. The zero-order valence-electron chi connectivity index (χ0n) is 23.4. The standard InChI is InChI=1S/C42H26O/c1-2-11-27(12-3-1)28-21-23-30(24-22-28)39-32-15-6-8-17-34(32)40(35-18-9-7-16-33(35)39)36-19-10-20-37-41-31-14-5-4-13-29(31)25-26-38(41)43-42(36)37/h1-26H. The molecule has 0 amide bonds. The van der Waals surface area contributed by atoms with Gasteiger partial charge in [0.2, 0.25) is 0 Å². The molecule has 0 fully saturated rings. The fourth-order valence-electron chi connectivity index (χ4n) is 6.95. The highest BCUT2D eigenvalue weighted by Crippen LogP contribution is 2.47. The summed E-state index contributed by atoms with van der Waals surface area (Å²) in [6.07, 6.45) is 0. The number of hydrogen-bond acceptors (Lipinski definition) is 1. The zero-order chi connectivity index (χ0) is 28.3. The second-order valence-corrected chi connectivity index (χ2v) is 11.2. The maximum absolute atomic E-state index is 6.71. The predicted molar refractivity (Wildman–Crippen MR) is 183 cm³/mol. The number of benzene rings is 8. The van der Waals surface area contributed by atoms with Gasteiger partial charge >= 0.3 is 0 Å². The first-order valence-corrected chi connectivity index (χ1v) is 14.8. The van der Waals surface area contributed by atoms with Gasteiger partial charge in [0.15, 0.2) is 0 Å². The van der Waals surface area contributed by atoms with Gasteiger partial charge in [-0.1, -0.05) is 152 Å². The first kappa shape index (κ1) is 24.0. The van der Waals surface area contributed by atoms with Crippen molar-refractivity contribution in [2.24, 2.45) is 0 Å². The molecule has 0 atom stereocenters. The molecule has 0 spiro atoms. The van der Waals surface area contributed by atoms with Crippen LogP contribution in [0.5, 0.6) is 0 Å². The monoisotopic (exact) mass is 546 g/mol. The van der Waals surface area contributed by atoms with Gasteiger partial charge in [-0.25, -0.2) is 0 Å². The summed E-state index contributed by atoms with van der Waals surface area (Å²) in [6, 6.07) is 56.6. The zero-order valence-corrected chi connectivity index (χ0v) is 23.4. The lowest BCUT2D eigenvalue weighted by Crippen LogP contribution is -1.91. The fourth-order valence-corrected chi connectivity index (χ4v) is 6.95. The van der Waals surface area contributed by atoms with E-state index in [-0.39, 0.29) is 0 Å². The molecule has 9 aromatic rings. The lowest BCUT2D eigenvalue weighted by molar-refractivity contribution is 0.670. The Morgan fingerprint density at radius 1 is 0.326 bits per heavy atom. The lowest BCUT2D eigenvalue weighted by Gasteiger charge is -2.18. The third-order valence-corrected chi connectivity index (χ3v) is 8.87. The average molecular weight is 547 g/mol. The van der Waals surface area contributed by atoms with Crippen LogP contribution in [0.1, 0.15) is 0 Å². The largest absolute Gasteiger partial charge is 0.455 e. The van der Waals surface area contributed by atoms with Crippen molar-refractivity contribution < 1.29 is 4.42 Å². The lowest BCUT2D eigenvalue weighted by atomic mass is 9.85. The molecule has 1 heterocycles. The topological polar surface area (TPSA) is 13.1 Å². The van der Waals surface area contributed by atoms with Crippen LogP contribution in [-0.4, -0.2) is 0 Å². The van der Waals surface area contributed by atoms with Gasteiger partial charge in [-0.05, 0) is 60.6 Å². The van der Waals surface area contributed by atoms with E-state index in [1.165, 1.54) is 65.5 Å². The minimum absolute atomic E-state index is 0.921. The highest BCUT2D eigenvalue weighted by Gasteiger charge is 2.20. The Kier molecular flexibility index (Phi) is 5.27. The van der Waals surface area contributed by atoms with Gasteiger partial charge in [-0.15, -0.1) is 0 Å². The average Bonchev–Trinajstić information content (AvgIpc) is 3.47. The van der Waals surface area contributed by atoms with Crippen molar-refractivity contribution in [1.29, 1.82) is 0 Å². The molecule has 43 heavy (non-hydrogen) atoms. The second-order valence-electron chi connectivity index (χ2n) is 11.2. The van der Waals surface area contributed by atoms with Gasteiger partial charge < -0.3 is 4.42 Å². The molecule has 0 N–H and O–H groups in total. The Bertz CT molecular complexity index is 2420. The van der Waals surface area contributed by atoms with Crippen molar-refractivity contribution in [3.05, 3.63) is 158 Å². The molecule has 8 aromatic carbocycles. The molecule has 0 saturated heterocycles. The van der Waals surface area contributed by atoms with E-state index in [2.05, 4.69) is 158 Å². The van der Waals surface area contributed by atoms with E-state index in [0.29, 0.717) is 0 Å². The summed E-state index contributed by atoms with van der Waals surface area (Å²) in [5.74, 6) is 0. The first-order valence-electron chi connectivity index (χ1n) is 14.8. The van der Waals surface area contributed by atoms with Gasteiger partial charge in [-0.3, -0.25) is 0 Å². The van der Waals surface area contributed by atoms with Crippen molar-refractivity contribution in [2.45, 2.75) is 0 Å². The normalized spacial score (nSPS) is 11.7. The van der Waals surface area contributed by atoms with Gasteiger partial charge in [-0.2, -0.15) is 0 Å². The first-order chi connectivity index (χ1) is 21.3. The molecule has 9 rings (SSSR count). The molecule has 0 aliphatic heterocycles. The molecule has 200 valence electrons. The van der Waals surface area contributed by atoms with Crippen LogP contribution in [0.15, 0.2) is 162 Å². The quantitative estimate of drug-likeness (QED) is 0.201. The Labute approximate surface area is 249 Å². The molecule has 1 nitrogen and oxygen atoms in total. The van der Waals surface area contributed by atoms with Gasteiger partial charge in [0.25, 0.3) is 0 Å². The van der Waals surface area contributed by atoms with E-state index in [9.17, 15) is 0 Å². The summed E-state index contributed by atoms with van der Waals surface area (Å²) in [6.45, 7) is 0. The van der Waals surface area contributed by atoms with Crippen LogP contribution in [0, 0.1) is 0 Å². The van der Waals surface area contributed by atoms with Crippen LogP contribution in [0.3, 0.4) is 0 Å². The number of fused-ring (bicyclic) bond motifs is 7. The number of furan rings is 1. The summed E-state index contributed by atoms with van der Waals surface area (Å²) < 4.78 is 6.71. The molecule has 0 unspecified atom stereocenters. The van der Waals surface area contributed by atoms with Crippen LogP contribution >= 0.6 is 0 Å². The van der Waals surface area contributed by atoms with E-state index in [0.717, 1.165) is 22.1 Å². The van der Waals surface area contributed by atoms with E-state index >= 15 is 0 Å². The molecule has 0 saturated carbocycles. The predicted octanol–water partition coefficient (Wildman–Crippen LogP) is 12.0.